The van der Waals surface area contributed by atoms with Crippen molar-refractivity contribution in [3.05, 3.63) is 0 Å². The standard InChI is InChI=1S/C31H66N.C3H8O3S/c1-5-8-11-14-17-20-23-26-29-32(4,30-27-24-21-18-15-12-9-6-2)31-28-25-22-19-16-13-10-7-3;1-2-3-7(4,5)6/h5-31H2,1-4H3;2-3H2,1H3,(H,4,5,6)/q+1;/p-1. The molecule has 0 saturated carbocycles. The van der Waals surface area contributed by atoms with Gasteiger partial charge in [-0.15, -0.1) is 0 Å². The van der Waals surface area contributed by atoms with Crippen molar-refractivity contribution >= 4 is 10.1 Å². The molecule has 0 bridgehead atoms. The van der Waals surface area contributed by atoms with E-state index in [4.69, 9.17) is 0 Å². The van der Waals surface area contributed by atoms with Gasteiger partial charge in [0.2, 0.25) is 0 Å². The van der Waals surface area contributed by atoms with E-state index in [2.05, 4.69) is 27.8 Å². The second-order valence-corrected chi connectivity index (χ2v) is 14.0. The van der Waals surface area contributed by atoms with E-state index in [1.165, 1.54) is 178 Å². The molecule has 0 heterocycles. The molecule has 0 aromatic carbocycles. The zero-order chi connectivity index (χ0) is 29.5. The minimum absolute atomic E-state index is 0.243. The van der Waals surface area contributed by atoms with Crippen molar-refractivity contribution in [3.63, 3.8) is 0 Å². The van der Waals surface area contributed by atoms with Gasteiger partial charge in [-0.3, -0.25) is 0 Å². The van der Waals surface area contributed by atoms with Gasteiger partial charge in [0.15, 0.2) is 0 Å². The summed E-state index contributed by atoms with van der Waals surface area (Å²) in [6.45, 7) is 12.9. The smallest absolute Gasteiger partial charge is 0.0945 e. The van der Waals surface area contributed by atoms with E-state index in [1.807, 2.05) is 0 Å². The maximum absolute atomic E-state index is 9.68. The summed E-state index contributed by atoms with van der Waals surface area (Å²) < 4.78 is 30.4. The summed E-state index contributed by atoms with van der Waals surface area (Å²) in [5.41, 5.74) is 0. The molecule has 0 aliphatic carbocycles. The maximum Gasteiger partial charge on any atom is 0.0945 e. The summed E-state index contributed by atoms with van der Waals surface area (Å²) in [5, 5.41) is 0. The van der Waals surface area contributed by atoms with Gasteiger partial charge in [0.1, 0.15) is 0 Å². The zero-order valence-corrected chi connectivity index (χ0v) is 28.4. The highest BCUT2D eigenvalue weighted by atomic mass is 32.2. The zero-order valence-electron chi connectivity index (χ0n) is 27.6. The van der Waals surface area contributed by atoms with Crippen molar-refractivity contribution in [1.29, 1.82) is 0 Å². The Kier molecular flexibility index (Phi) is 32.4. The van der Waals surface area contributed by atoms with Crippen LogP contribution >= 0.6 is 0 Å². The second-order valence-electron chi connectivity index (χ2n) is 12.5. The van der Waals surface area contributed by atoms with Crippen LogP contribution < -0.4 is 0 Å². The minimum atomic E-state index is -3.92. The van der Waals surface area contributed by atoms with Gasteiger partial charge in [-0.2, -0.15) is 0 Å². The molecule has 238 valence electrons. The highest BCUT2D eigenvalue weighted by Crippen LogP contribution is 2.17. The molecule has 0 rings (SSSR count). The topological polar surface area (TPSA) is 57.2 Å². The van der Waals surface area contributed by atoms with E-state index in [9.17, 15) is 13.0 Å². The van der Waals surface area contributed by atoms with Crippen molar-refractivity contribution in [3.8, 4) is 0 Å². The molecular formula is C34H73NO3S. The van der Waals surface area contributed by atoms with Crippen molar-refractivity contribution < 1.29 is 17.5 Å². The van der Waals surface area contributed by atoms with Gasteiger partial charge in [0.25, 0.3) is 0 Å². The fourth-order valence-electron chi connectivity index (χ4n) is 5.47. The highest BCUT2D eigenvalue weighted by Gasteiger charge is 2.20. The van der Waals surface area contributed by atoms with Gasteiger partial charge in [0, 0.05) is 5.75 Å². The lowest BCUT2D eigenvalue weighted by atomic mass is 10.1. The summed E-state index contributed by atoms with van der Waals surface area (Å²) in [6.07, 6.45) is 35.2. The Morgan fingerprint density at radius 2 is 0.641 bits per heavy atom. The lowest BCUT2D eigenvalue weighted by Gasteiger charge is -2.35. The molecule has 0 aliphatic rings. The molecule has 0 spiro atoms. The monoisotopic (exact) mass is 576 g/mol. The Morgan fingerprint density at radius 3 is 0.821 bits per heavy atom. The third-order valence-electron chi connectivity index (χ3n) is 8.11. The largest absolute Gasteiger partial charge is 0.748 e. The molecule has 0 aromatic heterocycles. The summed E-state index contributed by atoms with van der Waals surface area (Å²) >= 11 is 0. The Labute approximate surface area is 247 Å². The van der Waals surface area contributed by atoms with Crippen LogP contribution in [0.3, 0.4) is 0 Å². The van der Waals surface area contributed by atoms with Crippen LogP contribution in [-0.2, 0) is 10.1 Å². The average molecular weight is 576 g/mol. The van der Waals surface area contributed by atoms with Crippen LogP contribution in [0.4, 0.5) is 0 Å². The van der Waals surface area contributed by atoms with E-state index >= 15 is 0 Å². The molecule has 0 unspecified atom stereocenters. The molecule has 39 heavy (non-hydrogen) atoms. The number of hydrogen-bond donors (Lipinski definition) is 0. The summed E-state index contributed by atoms with van der Waals surface area (Å²) in [4.78, 5) is 0. The molecule has 0 fully saturated rings. The van der Waals surface area contributed by atoms with Crippen molar-refractivity contribution in [2.45, 2.75) is 188 Å². The van der Waals surface area contributed by atoms with E-state index in [0.29, 0.717) is 6.42 Å². The van der Waals surface area contributed by atoms with Gasteiger partial charge in [-0.25, -0.2) is 8.42 Å². The molecule has 0 amide bonds. The summed E-state index contributed by atoms with van der Waals surface area (Å²) in [7, 11) is -1.34. The molecular weight excluding hydrogens is 502 g/mol. The molecule has 0 aromatic rings. The van der Waals surface area contributed by atoms with Gasteiger partial charge < -0.3 is 9.04 Å². The molecule has 0 aliphatic heterocycles. The number of unbranched alkanes of at least 4 members (excludes halogenated alkanes) is 21. The van der Waals surface area contributed by atoms with Crippen molar-refractivity contribution in [2.75, 3.05) is 32.4 Å². The van der Waals surface area contributed by atoms with Gasteiger partial charge in [0.05, 0.1) is 36.8 Å². The first kappa shape index (κ1) is 41.0. The second kappa shape index (κ2) is 30.8. The maximum atomic E-state index is 9.68. The predicted molar refractivity (Wildman–Crippen MR) is 173 cm³/mol. The first-order valence-corrected chi connectivity index (χ1v) is 19.1. The Bertz CT molecular complexity index is 514. The Balaban J connectivity index is 0. The van der Waals surface area contributed by atoms with E-state index < -0.39 is 10.1 Å². The summed E-state index contributed by atoms with van der Waals surface area (Å²) in [5.74, 6) is -0.243. The van der Waals surface area contributed by atoms with Crippen LogP contribution in [0.2, 0.25) is 0 Å². The third kappa shape index (κ3) is 35.8. The van der Waals surface area contributed by atoms with E-state index in [-0.39, 0.29) is 5.75 Å². The molecule has 0 saturated heterocycles. The first-order valence-electron chi connectivity index (χ1n) is 17.5. The first-order chi connectivity index (χ1) is 18.7. The predicted octanol–water partition coefficient (Wildman–Crippen LogP) is 10.8. The molecule has 4 nitrogen and oxygen atoms in total. The van der Waals surface area contributed by atoms with Crippen LogP contribution in [0, 0.1) is 0 Å². The third-order valence-corrected chi connectivity index (χ3v) is 9.02. The molecule has 0 N–H and O–H groups in total. The number of rotatable bonds is 29. The van der Waals surface area contributed by atoms with Crippen molar-refractivity contribution in [2.24, 2.45) is 0 Å². The lowest BCUT2D eigenvalue weighted by molar-refractivity contribution is -0.910. The van der Waals surface area contributed by atoms with Gasteiger partial charge in [-0.05, 0) is 44.9 Å². The van der Waals surface area contributed by atoms with Gasteiger partial charge in [-0.1, -0.05) is 143 Å². The number of nitrogens with zero attached hydrogens (tertiary/aromatic N) is 1. The summed E-state index contributed by atoms with van der Waals surface area (Å²) in [6, 6.07) is 0. The van der Waals surface area contributed by atoms with Crippen LogP contribution in [-0.4, -0.2) is 49.9 Å². The SMILES string of the molecule is CCCCCCCCCC[N+](C)(CCCCCCCCCC)CCCCCCCCCC.CCCS(=O)(=O)[O-]. The fraction of sp³-hybridized carbons (Fsp3) is 1.00. The minimum Gasteiger partial charge on any atom is -0.748 e. The average Bonchev–Trinajstić information content (AvgIpc) is 2.88. The fourth-order valence-corrected chi connectivity index (χ4v) is 5.97. The van der Waals surface area contributed by atoms with Crippen molar-refractivity contribution in [1.82, 2.24) is 0 Å². The molecule has 0 radical (unpaired) electrons. The van der Waals surface area contributed by atoms with Crippen LogP contribution in [0.1, 0.15) is 188 Å². The van der Waals surface area contributed by atoms with E-state index in [1.54, 1.807) is 6.92 Å². The van der Waals surface area contributed by atoms with Crippen LogP contribution in [0.5, 0.6) is 0 Å². The number of hydrogen-bond acceptors (Lipinski definition) is 3. The van der Waals surface area contributed by atoms with Crippen LogP contribution in [0.15, 0.2) is 0 Å². The highest BCUT2D eigenvalue weighted by molar-refractivity contribution is 7.85. The number of quaternary nitrogens is 1. The normalized spacial score (nSPS) is 11.9. The molecule has 5 heteroatoms. The molecule has 0 atom stereocenters. The Morgan fingerprint density at radius 1 is 0.410 bits per heavy atom. The van der Waals surface area contributed by atoms with Crippen LogP contribution in [0.25, 0.3) is 0 Å². The quantitative estimate of drug-likeness (QED) is 0.0506. The Hall–Kier alpha value is -0.130. The van der Waals surface area contributed by atoms with E-state index in [0.717, 1.165) is 0 Å². The van der Waals surface area contributed by atoms with Gasteiger partial charge >= 0.3 is 0 Å². The lowest BCUT2D eigenvalue weighted by Crippen LogP contribution is -2.46.